The van der Waals surface area contributed by atoms with Crippen LogP contribution in [0.25, 0.3) is 0 Å². The second-order valence-electron chi connectivity index (χ2n) is 4.92. The van der Waals surface area contributed by atoms with Crippen molar-refractivity contribution in [3.63, 3.8) is 0 Å². The summed E-state index contributed by atoms with van der Waals surface area (Å²) < 4.78 is 9.77. The molecule has 0 saturated carbocycles. The van der Waals surface area contributed by atoms with E-state index in [9.17, 15) is 14.9 Å². The number of nitro benzene ring substituents is 1. The molecule has 1 aromatic rings. The molecule has 21 heavy (non-hydrogen) atoms. The van der Waals surface area contributed by atoms with Gasteiger partial charge in [-0.25, -0.2) is 4.79 Å². The Morgan fingerprint density at radius 2 is 2.05 bits per heavy atom. The summed E-state index contributed by atoms with van der Waals surface area (Å²) in [5.74, 6) is -0.730. The molecular formula is C13H17ClN2O5. The summed E-state index contributed by atoms with van der Waals surface area (Å²) in [5, 5.41) is 14.1. The molecule has 8 heteroatoms. The molecule has 7 nitrogen and oxygen atoms in total. The summed E-state index contributed by atoms with van der Waals surface area (Å²) in [5.41, 5.74) is -0.613. The Bertz CT molecular complexity index is 560. The largest absolute Gasteiger partial charge is 0.465 e. The number of nitro groups is 1. The summed E-state index contributed by atoms with van der Waals surface area (Å²) in [7, 11) is 2.72. The third kappa shape index (κ3) is 4.30. The van der Waals surface area contributed by atoms with E-state index in [2.05, 4.69) is 10.1 Å². The van der Waals surface area contributed by atoms with E-state index in [0.717, 1.165) is 6.07 Å². The van der Waals surface area contributed by atoms with E-state index < -0.39 is 16.5 Å². The smallest absolute Gasteiger partial charge is 0.339 e. The first-order valence-electron chi connectivity index (χ1n) is 6.07. The fraction of sp³-hybridized carbons (Fsp3) is 0.462. The standard InChI is InChI=1S/C13H17ClN2O5/c1-13(2,21-4)7-15-10-6-9(14)8(12(17)20-3)5-11(10)16(18)19/h5-6,15H,7H2,1-4H3. The van der Waals surface area contributed by atoms with Crippen molar-refractivity contribution in [2.24, 2.45) is 0 Å². The van der Waals surface area contributed by atoms with E-state index in [1.165, 1.54) is 13.2 Å². The number of anilines is 1. The third-order valence-electron chi connectivity index (χ3n) is 2.94. The Morgan fingerprint density at radius 1 is 1.43 bits per heavy atom. The van der Waals surface area contributed by atoms with Crippen LogP contribution in [0.5, 0.6) is 0 Å². The molecule has 116 valence electrons. The van der Waals surface area contributed by atoms with E-state index in [-0.39, 0.29) is 22.0 Å². The SMILES string of the molecule is COC(=O)c1cc([N+](=O)[O-])c(NCC(C)(C)OC)cc1Cl. The minimum absolute atomic E-state index is 0.0533. The molecule has 0 aliphatic rings. The molecule has 0 spiro atoms. The van der Waals surface area contributed by atoms with Gasteiger partial charge in [0.05, 0.1) is 28.2 Å². The summed E-state index contributed by atoms with van der Waals surface area (Å²) in [6.07, 6.45) is 0. The van der Waals surface area contributed by atoms with Crippen molar-refractivity contribution in [1.29, 1.82) is 0 Å². The molecule has 0 heterocycles. The fourth-order valence-electron chi connectivity index (χ4n) is 1.50. The molecule has 0 radical (unpaired) electrons. The molecule has 0 aliphatic carbocycles. The second kappa shape index (κ2) is 6.73. The zero-order valence-electron chi connectivity index (χ0n) is 12.2. The molecule has 1 aromatic carbocycles. The van der Waals surface area contributed by atoms with Crippen LogP contribution in [0.1, 0.15) is 24.2 Å². The molecule has 0 saturated heterocycles. The molecule has 0 aliphatic heterocycles. The summed E-state index contributed by atoms with van der Waals surface area (Å²) >= 11 is 5.97. The highest BCUT2D eigenvalue weighted by Crippen LogP contribution is 2.32. The minimum atomic E-state index is -0.730. The Hall–Kier alpha value is -1.86. The summed E-state index contributed by atoms with van der Waals surface area (Å²) in [6, 6.07) is 2.42. The maximum Gasteiger partial charge on any atom is 0.339 e. The van der Waals surface area contributed by atoms with Crippen LogP contribution in [0.3, 0.4) is 0 Å². The topological polar surface area (TPSA) is 90.7 Å². The van der Waals surface area contributed by atoms with Crippen LogP contribution in [0.2, 0.25) is 5.02 Å². The van der Waals surface area contributed by atoms with Gasteiger partial charge in [-0.3, -0.25) is 10.1 Å². The van der Waals surface area contributed by atoms with Crippen molar-refractivity contribution in [3.05, 3.63) is 32.8 Å². The number of methoxy groups -OCH3 is 2. The maximum absolute atomic E-state index is 11.5. The first-order valence-corrected chi connectivity index (χ1v) is 6.45. The van der Waals surface area contributed by atoms with Crippen molar-refractivity contribution in [3.8, 4) is 0 Å². The molecule has 1 N–H and O–H groups in total. The van der Waals surface area contributed by atoms with E-state index >= 15 is 0 Å². The van der Waals surface area contributed by atoms with Gasteiger partial charge in [-0.15, -0.1) is 0 Å². The molecule has 0 atom stereocenters. The van der Waals surface area contributed by atoms with Crippen molar-refractivity contribution in [2.45, 2.75) is 19.4 Å². The van der Waals surface area contributed by atoms with Gasteiger partial charge in [0, 0.05) is 19.7 Å². The van der Waals surface area contributed by atoms with Crippen LogP contribution in [-0.4, -0.2) is 37.3 Å². The average Bonchev–Trinajstić information content (AvgIpc) is 2.44. The van der Waals surface area contributed by atoms with Crippen molar-refractivity contribution < 1.29 is 19.2 Å². The minimum Gasteiger partial charge on any atom is -0.465 e. The van der Waals surface area contributed by atoms with Gasteiger partial charge < -0.3 is 14.8 Å². The highest BCUT2D eigenvalue weighted by Gasteiger charge is 2.23. The van der Waals surface area contributed by atoms with E-state index in [4.69, 9.17) is 16.3 Å². The zero-order valence-corrected chi connectivity index (χ0v) is 13.0. The highest BCUT2D eigenvalue weighted by atomic mass is 35.5. The number of nitrogens with one attached hydrogen (secondary N) is 1. The number of nitrogens with zero attached hydrogens (tertiary/aromatic N) is 1. The number of rotatable bonds is 6. The molecule has 0 amide bonds. The van der Waals surface area contributed by atoms with Crippen LogP contribution in [0.4, 0.5) is 11.4 Å². The number of hydrogen-bond acceptors (Lipinski definition) is 6. The fourth-order valence-corrected chi connectivity index (χ4v) is 1.74. The lowest BCUT2D eigenvalue weighted by Crippen LogP contribution is -2.32. The van der Waals surface area contributed by atoms with Crippen molar-refractivity contribution >= 4 is 28.9 Å². The summed E-state index contributed by atoms with van der Waals surface area (Å²) in [6.45, 7) is 3.99. The normalized spacial score (nSPS) is 11.1. The number of hydrogen-bond donors (Lipinski definition) is 1. The molecule has 1 rings (SSSR count). The number of ether oxygens (including phenoxy) is 2. The van der Waals surface area contributed by atoms with Gasteiger partial charge in [-0.1, -0.05) is 11.6 Å². The van der Waals surface area contributed by atoms with Crippen LogP contribution in [0, 0.1) is 10.1 Å². The van der Waals surface area contributed by atoms with Crippen molar-refractivity contribution in [1.82, 2.24) is 0 Å². The molecule has 0 fully saturated rings. The Morgan fingerprint density at radius 3 is 2.52 bits per heavy atom. The van der Waals surface area contributed by atoms with Crippen molar-refractivity contribution in [2.75, 3.05) is 26.1 Å². The predicted octanol–water partition coefficient (Wildman–Crippen LogP) is 2.87. The first kappa shape index (κ1) is 17.2. The average molecular weight is 317 g/mol. The molecule has 0 bridgehead atoms. The number of carbonyl (C=O) groups excluding carboxylic acids is 1. The van der Waals surface area contributed by atoms with E-state index in [1.54, 1.807) is 7.11 Å². The molecular weight excluding hydrogens is 300 g/mol. The van der Waals surface area contributed by atoms with Crippen LogP contribution in [-0.2, 0) is 9.47 Å². The molecule has 0 unspecified atom stereocenters. The number of halogens is 1. The van der Waals surface area contributed by atoms with E-state index in [0.29, 0.717) is 6.54 Å². The number of benzene rings is 1. The lowest BCUT2D eigenvalue weighted by Gasteiger charge is -2.23. The van der Waals surface area contributed by atoms with Gasteiger partial charge in [-0.2, -0.15) is 0 Å². The third-order valence-corrected chi connectivity index (χ3v) is 3.26. The Labute approximate surface area is 127 Å². The number of carbonyl (C=O) groups is 1. The van der Waals surface area contributed by atoms with Crippen LogP contribution in [0.15, 0.2) is 12.1 Å². The number of esters is 1. The predicted molar refractivity (Wildman–Crippen MR) is 79.0 cm³/mol. The van der Waals surface area contributed by atoms with Gasteiger partial charge in [0.1, 0.15) is 5.69 Å². The molecule has 0 aromatic heterocycles. The lowest BCUT2D eigenvalue weighted by molar-refractivity contribution is -0.384. The van der Waals surface area contributed by atoms with Gasteiger partial charge in [-0.05, 0) is 19.9 Å². The van der Waals surface area contributed by atoms with Gasteiger partial charge in [0.25, 0.3) is 5.69 Å². The van der Waals surface area contributed by atoms with Crippen LogP contribution >= 0.6 is 11.6 Å². The van der Waals surface area contributed by atoms with E-state index in [1.807, 2.05) is 13.8 Å². The second-order valence-corrected chi connectivity index (χ2v) is 5.32. The quantitative estimate of drug-likeness (QED) is 0.493. The maximum atomic E-state index is 11.5. The Balaban J connectivity index is 3.18. The first-order chi connectivity index (χ1) is 9.71. The lowest BCUT2D eigenvalue weighted by atomic mass is 10.1. The van der Waals surface area contributed by atoms with Gasteiger partial charge >= 0.3 is 5.97 Å². The van der Waals surface area contributed by atoms with Gasteiger partial charge in [0.2, 0.25) is 0 Å². The van der Waals surface area contributed by atoms with Gasteiger partial charge in [0.15, 0.2) is 0 Å². The highest BCUT2D eigenvalue weighted by molar-refractivity contribution is 6.34. The zero-order chi connectivity index (χ0) is 16.2. The monoisotopic (exact) mass is 316 g/mol. The van der Waals surface area contributed by atoms with Crippen LogP contribution < -0.4 is 5.32 Å². The summed E-state index contributed by atoms with van der Waals surface area (Å²) in [4.78, 5) is 22.1. The Kier molecular flexibility index (Phi) is 5.51.